The van der Waals surface area contributed by atoms with Crippen LogP contribution >= 0.6 is 0 Å². The van der Waals surface area contributed by atoms with E-state index in [1.807, 2.05) is 40.1 Å². The van der Waals surface area contributed by atoms with Crippen molar-refractivity contribution in [2.24, 2.45) is 0 Å². The molecule has 4 N–H and O–H groups in total. The highest BCUT2D eigenvalue weighted by Gasteiger charge is 2.15. The van der Waals surface area contributed by atoms with Crippen LogP contribution in [0, 0.1) is 0 Å². The lowest BCUT2D eigenvalue weighted by Gasteiger charge is -2.23. The molecule has 28 heavy (non-hydrogen) atoms. The Morgan fingerprint density at radius 1 is 0.893 bits per heavy atom. The van der Waals surface area contributed by atoms with Gasteiger partial charge < -0.3 is 20.6 Å². The molecule has 0 aromatic heterocycles. The molecule has 1 unspecified atom stereocenters. The third kappa shape index (κ3) is 10.0. The normalized spacial score (nSPS) is 17.2. The summed E-state index contributed by atoms with van der Waals surface area (Å²) in [5, 5.41) is 29.3. The zero-order valence-electron chi connectivity index (χ0n) is 16.1. The lowest BCUT2D eigenvalue weighted by atomic mass is 10.0. The minimum Gasteiger partial charge on any atom is -0.481 e. The second-order valence-corrected chi connectivity index (χ2v) is 6.56. The van der Waals surface area contributed by atoms with Crippen LogP contribution < -0.4 is 5.32 Å². The molecule has 1 heterocycles. The average Bonchev–Trinajstić information content (AvgIpc) is 2.74. The predicted octanol–water partition coefficient (Wildman–Crippen LogP) is 0.238. The van der Waals surface area contributed by atoms with Crippen LogP contribution in [0.5, 0.6) is 0 Å². The molecule has 1 aliphatic rings. The molecular weight excluding hydrogens is 366 g/mol. The molecule has 0 radical (unpaired) electrons. The molecule has 1 fully saturated rings. The van der Waals surface area contributed by atoms with Crippen LogP contribution in [0.1, 0.15) is 18.4 Å². The van der Waals surface area contributed by atoms with Gasteiger partial charge >= 0.3 is 17.9 Å². The van der Waals surface area contributed by atoms with Crippen molar-refractivity contribution >= 4 is 17.9 Å². The average molecular weight is 395 g/mol. The number of carboxylic acid groups (broad SMARTS) is 3. The van der Waals surface area contributed by atoms with E-state index in [1.165, 1.54) is 0 Å². The summed E-state index contributed by atoms with van der Waals surface area (Å²) in [6.07, 6.45) is 0. The molecule has 0 aliphatic carbocycles. The van der Waals surface area contributed by atoms with E-state index in [9.17, 15) is 14.4 Å². The molecule has 1 atom stereocenters. The van der Waals surface area contributed by atoms with Crippen molar-refractivity contribution in [1.82, 2.24) is 15.1 Å². The minimum absolute atomic E-state index is 0.00257. The van der Waals surface area contributed by atoms with E-state index in [2.05, 4.69) is 5.32 Å². The first-order valence-electron chi connectivity index (χ1n) is 9.16. The van der Waals surface area contributed by atoms with Gasteiger partial charge in [0, 0.05) is 39.3 Å². The van der Waals surface area contributed by atoms with Gasteiger partial charge in [-0.3, -0.25) is 24.2 Å². The Morgan fingerprint density at radius 2 is 1.36 bits per heavy atom. The Bertz CT molecular complexity index is 599. The molecule has 1 aromatic carbocycles. The maximum atomic E-state index is 10.6. The number of benzene rings is 1. The summed E-state index contributed by atoms with van der Waals surface area (Å²) >= 11 is 0. The molecule has 1 saturated heterocycles. The topological polar surface area (TPSA) is 130 Å². The predicted molar refractivity (Wildman–Crippen MR) is 104 cm³/mol. The third-order valence-electron chi connectivity index (χ3n) is 4.33. The first-order valence-corrected chi connectivity index (χ1v) is 9.16. The summed E-state index contributed by atoms with van der Waals surface area (Å²) < 4.78 is 0. The van der Waals surface area contributed by atoms with Crippen molar-refractivity contribution in [2.75, 3.05) is 52.4 Å². The summed E-state index contributed by atoms with van der Waals surface area (Å²) in [7, 11) is 0. The van der Waals surface area contributed by atoms with Crippen LogP contribution in [0.4, 0.5) is 0 Å². The van der Waals surface area contributed by atoms with Crippen LogP contribution in [0.25, 0.3) is 0 Å². The number of hydrogen-bond donors (Lipinski definition) is 4. The van der Waals surface area contributed by atoms with E-state index < -0.39 is 23.8 Å². The highest BCUT2D eigenvalue weighted by atomic mass is 16.4. The molecule has 9 nitrogen and oxygen atoms in total. The number of rotatable bonds is 6. The van der Waals surface area contributed by atoms with Crippen LogP contribution in [-0.2, 0) is 14.4 Å². The van der Waals surface area contributed by atoms with E-state index in [0.29, 0.717) is 26.2 Å². The number of aliphatic carboxylic acids is 3. The second kappa shape index (κ2) is 12.8. The molecule has 1 aliphatic heterocycles. The van der Waals surface area contributed by atoms with Gasteiger partial charge in [-0.2, -0.15) is 0 Å². The Labute approximate surface area is 164 Å². The number of nitrogens with one attached hydrogen (secondary N) is 1. The van der Waals surface area contributed by atoms with Crippen molar-refractivity contribution in [2.45, 2.75) is 12.8 Å². The summed E-state index contributed by atoms with van der Waals surface area (Å²) in [5.41, 5.74) is 0.847. The zero-order chi connectivity index (χ0) is 20.9. The van der Waals surface area contributed by atoms with Gasteiger partial charge in [0.2, 0.25) is 0 Å². The minimum atomic E-state index is -0.853. The van der Waals surface area contributed by atoms with E-state index in [1.54, 1.807) is 6.92 Å². The third-order valence-corrected chi connectivity index (χ3v) is 4.33. The van der Waals surface area contributed by atoms with Gasteiger partial charge in [0.15, 0.2) is 0 Å². The monoisotopic (exact) mass is 395 g/mol. The first-order chi connectivity index (χ1) is 13.3. The van der Waals surface area contributed by atoms with Gasteiger partial charge in [0.1, 0.15) is 0 Å². The van der Waals surface area contributed by atoms with Gasteiger partial charge in [-0.05, 0) is 12.5 Å². The molecule has 2 rings (SSSR count). The van der Waals surface area contributed by atoms with Crippen molar-refractivity contribution in [3.05, 3.63) is 35.9 Å². The SMILES string of the molecule is CC(C(=O)O)c1ccccc1.O=C(O)CN1CCNCCN(CC(=O)O)CC1. The second-order valence-electron chi connectivity index (χ2n) is 6.56. The van der Waals surface area contributed by atoms with Crippen molar-refractivity contribution in [3.63, 3.8) is 0 Å². The molecule has 156 valence electrons. The molecule has 0 amide bonds. The summed E-state index contributed by atoms with van der Waals surface area (Å²) in [5.74, 6) is -2.89. The Morgan fingerprint density at radius 3 is 1.75 bits per heavy atom. The molecule has 9 heteroatoms. The van der Waals surface area contributed by atoms with Gasteiger partial charge in [0.05, 0.1) is 19.0 Å². The lowest BCUT2D eigenvalue weighted by molar-refractivity contribution is -0.140. The van der Waals surface area contributed by atoms with Gasteiger partial charge in [-0.25, -0.2) is 0 Å². The maximum absolute atomic E-state index is 10.6. The van der Waals surface area contributed by atoms with E-state index in [0.717, 1.165) is 18.7 Å². The fraction of sp³-hybridized carbons (Fsp3) is 0.526. The van der Waals surface area contributed by atoms with Gasteiger partial charge in [-0.15, -0.1) is 0 Å². The Hall–Kier alpha value is -2.49. The van der Waals surface area contributed by atoms with Crippen molar-refractivity contribution in [3.8, 4) is 0 Å². The number of carboxylic acids is 3. The maximum Gasteiger partial charge on any atom is 0.317 e. The number of hydrogen-bond acceptors (Lipinski definition) is 6. The Kier molecular flexibility index (Phi) is 10.8. The van der Waals surface area contributed by atoms with Crippen LogP contribution in [0.2, 0.25) is 0 Å². The smallest absolute Gasteiger partial charge is 0.317 e. The standard InChI is InChI=1S/C10H19N3O4.C9H10O2/c14-9(15)7-12-3-1-11-2-4-13(6-5-12)8-10(16)17;1-7(9(10)11)8-5-3-2-4-6-8/h11H,1-8H2,(H,14,15)(H,16,17);2-7H,1H3,(H,10,11). The van der Waals surface area contributed by atoms with E-state index in [-0.39, 0.29) is 13.1 Å². The van der Waals surface area contributed by atoms with Gasteiger partial charge in [-0.1, -0.05) is 30.3 Å². The number of nitrogens with zero attached hydrogens (tertiary/aromatic N) is 2. The molecule has 0 bridgehead atoms. The van der Waals surface area contributed by atoms with E-state index >= 15 is 0 Å². The van der Waals surface area contributed by atoms with Crippen LogP contribution in [0.3, 0.4) is 0 Å². The van der Waals surface area contributed by atoms with Crippen molar-refractivity contribution in [1.29, 1.82) is 0 Å². The zero-order valence-corrected chi connectivity index (χ0v) is 16.1. The van der Waals surface area contributed by atoms with Gasteiger partial charge in [0.25, 0.3) is 0 Å². The van der Waals surface area contributed by atoms with Crippen LogP contribution in [0.15, 0.2) is 30.3 Å². The van der Waals surface area contributed by atoms with Crippen LogP contribution in [-0.4, -0.2) is 95.4 Å². The fourth-order valence-electron chi connectivity index (χ4n) is 2.69. The number of carbonyl (C=O) groups is 3. The van der Waals surface area contributed by atoms with Crippen molar-refractivity contribution < 1.29 is 29.7 Å². The highest BCUT2D eigenvalue weighted by molar-refractivity contribution is 5.75. The largest absolute Gasteiger partial charge is 0.481 e. The summed E-state index contributed by atoms with van der Waals surface area (Å²) in [6, 6.07) is 9.19. The Balaban J connectivity index is 0.000000307. The fourth-order valence-corrected chi connectivity index (χ4v) is 2.69. The summed E-state index contributed by atoms with van der Waals surface area (Å²) in [6.45, 7) is 5.66. The molecule has 0 spiro atoms. The highest BCUT2D eigenvalue weighted by Crippen LogP contribution is 2.13. The molecular formula is C19H29N3O6. The summed E-state index contributed by atoms with van der Waals surface area (Å²) in [4.78, 5) is 35.4. The molecule has 1 aromatic rings. The first kappa shape index (κ1) is 23.5. The van der Waals surface area contributed by atoms with E-state index in [4.69, 9.17) is 15.3 Å². The quantitative estimate of drug-likeness (QED) is 0.535. The molecule has 0 saturated carbocycles. The lowest BCUT2D eigenvalue weighted by Crippen LogP contribution is -2.40.